The molecule has 0 unspecified atom stereocenters. The first-order valence-electron chi connectivity index (χ1n) is 6.63. The van der Waals surface area contributed by atoms with Gasteiger partial charge >= 0.3 is 0 Å². The van der Waals surface area contributed by atoms with Crippen molar-refractivity contribution in [2.75, 3.05) is 6.61 Å². The zero-order chi connectivity index (χ0) is 13.7. The van der Waals surface area contributed by atoms with Gasteiger partial charge in [-0.2, -0.15) is 0 Å². The van der Waals surface area contributed by atoms with Crippen molar-refractivity contribution in [3.05, 3.63) is 18.1 Å². The standard InChI is InChI=1S/C13H20N4O2/c14-11(18)10-12(17-8-7-16-10)19-9-13(15)5-3-1-2-4-6-13/h7-8H,1-6,9,15H2,(H2,14,18). The highest BCUT2D eigenvalue weighted by atomic mass is 16.5. The molecular formula is C13H20N4O2. The molecule has 1 aliphatic carbocycles. The lowest BCUT2D eigenvalue weighted by atomic mass is 9.93. The summed E-state index contributed by atoms with van der Waals surface area (Å²) in [4.78, 5) is 19.1. The van der Waals surface area contributed by atoms with E-state index < -0.39 is 5.91 Å². The fourth-order valence-corrected chi connectivity index (χ4v) is 2.39. The van der Waals surface area contributed by atoms with Crippen molar-refractivity contribution in [2.24, 2.45) is 11.5 Å². The summed E-state index contributed by atoms with van der Waals surface area (Å²) >= 11 is 0. The van der Waals surface area contributed by atoms with Gasteiger partial charge < -0.3 is 16.2 Å². The molecule has 0 radical (unpaired) electrons. The van der Waals surface area contributed by atoms with Crippen LogP contribution in [-0.4, -0.2) is 28.0 Å². The average Bonchev–Trinajstić information content (AvgIpc) is 2.62. The summed E-state index contributed by atoms with van der Waals surface area (Å²) in [5.41, 5.74) is 11.3. The third-order valence-electron chi connectivity index (χ3n) is 3.49. The van der Waals surface area contributed by atoms with Gasteiger partial charge in [-0.3, -0.25) is 4.79 Å². The number of hydrogen-bond donors (Lipinski definition) is 2. The van der Waals surface area contributed by atoms with Crippen LogP contribution in [0.15, 0.2) is 12.4 Å². The minimum absolute atomic E-state index is 0.0553. The highest BCUT2D eigenvalue weighted by Gasteiger charge is 2.28. The number of hydrogen-bond acceptors (Lipinski definition) is 5. The molecule has 0 saturated heterocycles. The van der Waals surface area contributed by atoms with Crippen molar-refractivity contribution in [3.63, 3.8) is 0 Å². The van der Waals surface area contributed by atoms with Crippen LogP contribution >= 0.6 is 0 Å². The van der Waals surface area contributed by atoms with E-state index in [2.05, 4.69) is 9.97 Å². The van der Waals surface area contributed by atoms with Crippen molar-refractivity contribution in [1.29, 1.82) is 0 Å². The van der Waals surface area contributed by atoms with E-state index in [1.54, 1.807) is 0 Å². The maximum Gasteiger partial charge on any atom is 0.272 e. The second-order valence-corrected chi connectivity index (χ2v) is 5.14. The molecule has 1 aromatic rings. The SMILES string of the molecule is NC(=O)c1nccnc1OCC1(N)CCCCCC1. The molecule has 4 N–H and O–H groups in total. The van der Waals surface area contributed by atoms with Gasteiger partial charge in [-0.25, -0.2) is 9.97 Å². The molecule has 0 atom stereocenters. The van der Waals surface area contributed by atoms with E-state index in [0.717, 1.165) is 25.7 Å². The van der Waals surface area contributed by atoms with Crippen LogP contribution in [0, 0.1) is 0 Å². The summed E-state index contributed by atoms with van der Waals surface area (Å²) in [5, 5.41) is 0. The number of primary amides is 1. The van der Waals surface area contributed by atoms with E-state index in [1.807, 2.05) is 0 Å². The van der Waals surface area contributed by atoms with E-state index >= 15 is 0 Å². The highest BCUT2D eigenvalue weighted by molar-refractivity contribution is 5.92. The molecule has 1 amide bonds. The molecule has 6 nitrogen and oxygen atoms in total. The summed E-state index contributed by atoms with van der Waals surface area (Å²) < 4.78 is 5.60. The molecule has 0 aromatic carbocycles. The molecule has 1 aromatic heterocycles. The van der Waals surface area contributed by atoms with Crippen molar-refractivity contribution < 1.29 is 9.53 Å². The van der Waals surface area contributed by atoms with E-state index in [4.69, 9.17) is 16.2 Å². The zero-order valence-electron chi connectivity index (χ0n) is 11.0. The van der Waals surface area contributed by atoms with Gasteiger partial charge in [0.2, 0.25) is 5.88 Å². The van der Waals surface area contributed by atoms with Crippen molar-refractivity contribution in [1.82, 2.24) is 9.97 Å². The molecule has 104 valence electrons. The maximum atomic E-state index is 11.2. The summed E-state index contributed by atoms with van der Waals surface area (Å²) in [5.74, 6) is -0.473. The minimum atomic E-state index is -0.643. The van der Waals surface area contributed by atoms with Crippen LogP contribution in [0.1, 0.15) is 49.0 Å². The number of aromatic nitrogens is 2. The second-order valence-electron chi connectivity index (χ2n) is 5.14. The number of carbonyl (C=O) groups excluding carboxylic acids is 1. The predicted molar refractivity (Wildman–Crippen MR) is 70.7 cm³/mol. The van der Waals surface area contributed by atoms with Crippen LogP contribution in [0.4, 0.5) is 0 Å². The van der Waals surface area contributed by atoms with Gasteiger partial charge in [0.15, 0.2) is 5.69 Å². The number of carbonyl (C=O) groups is 1. The molecule has 19 heavy (non-hydrogen) atoms. The Hall–Kier alpha value is -1.69. The molecule has 6 heteroatoms. The molecule has 1 aliphatic rings. The van der Waals surface area contributed by atoms with E-state index in [1.165, 1.54) is 25.2 Å². The molecule has 1 saturated carbocycles. The molecule has 0 aliphatic heterocycles. The van der Waals surface area contributed by atoms with Gasteiger partial charge in [0.05, 0.1) is 5.54 Å². The molecule has 2 rings (SSSR count). The summed E-state index contributed by atoms with van der Waals surface area (Å²) in [7, 11) is 0. The van der Waals surface area contributed by atoms with Gasteiger partial charge in [0, 0.05) is 12.4 Å². The maximum absolute atomic E-state index is 11.2. The first-order chi connectivity index (χ1) is 9.11. The molecular weight excluding hydrogens is 244 g/mol. The minimum Gasteiger partial charge on any atom is -0.474 e. The Morgan fingerprint density at radius 3 is 2.47 bits per heavy atom. The van der Waals surface area contributed by atoms with Gasteiger partial charge in [-0.1, -0.05) is 25.7 Å². The van der Waals surface area contributed by atoms with Crippen molar-refractivity contribution in [2.45, 2.75) is 44.1 Å². The third kappa shape index (κ3) is 3.64. The number of amides is 1. The zero-order valence-corrected chi connectivity index (χ0v) is 11.0. The summed E-state index contributed by atoms with van der Waals surface area (Å²) in [6.45, 7) is 0.339. The Morgan fingerprint density at radius 2 is 1.84 bits per heavy atom. The van der Waals surface area contributed by atoms with E-state index in [9.17, 15) is 4.79 Å². The highest BCUT2D eigenvalue weighted by Crippen LogP contribution is 2.26. The van der Waals surface area contributed by atoms with E-state index in [0.29, 0.717) is 6.61 Å². The molecule has 0 bridgehead atoms. The van der Waals surface area contributed by atoms with Gasteiger partial charge in [-0.05, 0) is 12.8 Å². The first-order valence-corrected chi connectivity index (χ1v) is 6.63. The summed E-state index contributed by atoms with van der Waals surface area (Å²) in [6.07, 6.45) is 9.41. The number of ether oxygens (including phenoxy) is 1. The monoisotopic (exact) mass is 264 g/mol. The Kier molecular flexibility index (Phi) is 4.31. The van der Waals surface area contributed by atoms with Crippen LogP contribution in [0.3, 0.4) is 0 Å². The van der Waals surface area contributed by atoms with Crippen LogP contribution in [-0.2, 0) is 0 Å². The van der Waals surface area contributed by atoms with Gasteiger partial charge in [0.1, 0.15) is 6.61 Å². The number of nitrogens with two attached hydrogens (primary N) is 2. The number of rotatable bonds is 4. The Morgan fingerprint density at radius 1 is 1.21 bits per heavy atom. The fraction of sp³-hybridized carbons (Fsp3) is 0.615. The topological polar surface area (TPSA) is 104 Å². The lowest BCUT2D eigenvalue weighted by molar-refractivity contribution is 0.0986. The quantitative estimate of drug-likeness (QED) is 0.790. The second kappa shape index (κ2) is 5.97. The molecule has 0 spiro atoms. The third-order valence-corrected chi connectivity index (χ3v) is 3.49. The van der Waals surface area contributed by atoms with E-state index in [-0.39, 0.29) is 17.1 Å². The Bertz CT molecular complexity index is 442. The van der Waals surface area contributed by atoms with Crippen LogP contribution in [0.5, 0.6) is 5.88 Å². The normalized spacial score (nSPS) is 18.6. The Balaban J connectivity index is 2.03. The van der Waals surface area contributed by atoms with Crippen LogP contribution in [0.2, 0.25) is 0 Å². The van der Waals surface area contributed by atoms with Crippen LogP contribution < -0.4 is 16.2 Å². The lowest BCUT2D eigenvalue weighted by Crippen LogP contribution is -2.45. The fourth-order valence-electron chi connectivity index (χ4n) is 2.39. The molecule has 1 fully saturated rings. The largest absolute Gasteiger partial charge is 0.474 e. The Labute approximate surface area is 112 Å². The predicted octanol–water partition coefficient (Wildman–Crippen LogP) is 1.01. The summed E-state index contributed by atoms with van der Waals surface area (Å²) in [6, 6.07) is 0. The lowest BCUT2D eigenvalue weighted by Gasteiger charge is -2.27. The van der Waals surface area contributed by atoms with Gasteiger partial charge in [-0.15, -0.1) is 0 Å². The smallest absolute Gasteiger partial charge is 0.272 e. The van der Waals surface area contributed by atoms with Crippen LogP contribution in [0.25, 0.3) is 0 Å². The van der Waals surface area contributed by atoms with Gasteiger partial charge in [0.25, 0.3) is 5.91 Å². The molecule has 1 heterocycles. The number of nitrogens with zero attached hydrogens (tertiary/aromatic N) is 2. The van der Waals surface area contributed by atoms with Crippen molar-refractivity contribution >= 4 is 5.91 Å². The van der Waals surface area contributed by atoms with Crippen molar-refractivity contribution in [3.8, 4) is 5.88 Å². The first kappa shape index (κ1) is 13.7. The average molecular weight is 264 g/mol.